The molecule has 0 aromatic carbocycles. The summed E-state index contributed by atoms with van der Waals surface area (Å²) in [5.41, 5.74) is 0. The summed E-state index contributed by atoms with van der Waals surface area (Å²) in [6, 6.07) is 0.817. The van der Waals surface area contributed by atoms with E-state index >= 15 is 0 Å². The Kier molecular flexibility index (Phi) is 3.82. The molecule has 2 heteroatoms. The highest BCUT2D eigenvalue weighted by molar-refractivity contribution is 4.83. The van der Waals surface area contributed by atoms with Crippen molar-refractivity contribution in [2.24, 2.45) is 5.92 Å². The van der Waals surface area contributed by atoms with E-state index in [1.165, 1.54) is 58.2 Å². The van der Waals surface area contributed by atoms with Crippen molar-refractivity contribution in [3.05, 3.63) is 0 Å². The van der Waals surface area contributed by atoms with E-state index in [0.29, 0.717) is 0 Å². The first-order valence-corrected chi connectivity index (χ1v) is 6.29. The lowest BCUT2D eigenvalue weighted by Crippen LogP contribution is -2.43. The van der Waals surface area contributed by atoms with Gasteiger partial charge in [-0.2, -0.15) is 0 Å². The highest BCUT2D eigenvalue weighted by Crippen LogP contribution is 2.28. The van der Waals surface area contributed by atoms with Gasteiger partial charge in [-0.05, 0) is 45.3 Å². The number of nitrogens with zero attached hydrogens (tertiary/aromatic N) is 1. The molecule has 82 valence electrons. The first-order chi connectivity index (χ1) is 6.88. The van der Waals surface area contributed by atoms with Gasteiger partial charge in [-0.15, -0.1) is 0 Å². The second-order valence-corrected chi connectivity index (χ2v) is 5.00. The van der Waals surface area contributed by atoms with Gasteiger partial charge in [0.25, 0.3) is 0 Å². The van der Waals surface area contributed by atoms with E-state index in [0.717, 1.165) is 12.0 Å². The number of hydrogen-bond donors (Lipinski definition) is 1. The van der Waals surface area contributed by atoms with Gasteiger partial charge in [0.15, 0.2) is 0 Å². The van der Waals surface area contributed by atoms with Crippen molar-refractivity contribution < 1.29 is 0 Å². The maximum Gasteiger partial charge on any atom is 0.0245 e. The molecule has 0 spiro atoms. The van der Waals surface area contributed by atoms with Crippen molar-refractivity contribution in [3.63, 3.8) is 0 Å². The number of nitrogens with one attached hydrogen (secondary N) is 1. The van der Waals surface area contributed by atoms with Crippen LogP contribution in [0.5, 0.6) is 0 Å². The van der Waals surface area contributed by atoms with Crippen molar-refractivity contribution in [1.82, 2.24) is 10.2 Å². The van der Waals surface area contributed by atoms with Crippen LogP contribution in [0.2, 0.25) is 0 Å². The zero-order valence-electron chi connectivity index (χ0n) is 9.47. The molecule has 0 aromatic heterocycles. The molecule has 2 nitrogen and oxygen atoms in total. The van der Waals surface area contributed by atoms with Crippen LogP contribution in [0.4, 0.5) is 0 Å². The lowest BCUT2D eigenvalue weighted by atomic mass is 9.83. The van der Waals surface area contributed by atoms with Crippen molar-refractivity contribution in [1.29, 1.82) is 0 Å². The Morgan fingerprint density at radius 3 is 2.64 bits per heavy atom. The van der Waals surface area contributed by atoms with Gasteiger partial charge in [0.1, 0.15) is 0 Å². The highest BCUT2D eigenvalue weighted by Gasteiger charge is 2.27. The van der Waals surface area contributed by atoms with Crippen molar-refractivity contribution in [2.75, 3.05) is 26.7 Å². The van der Waals surface area contributed by atoms with E-state index in [-0.39, 0.29) is 0 Å². The van der Waals surface area contributed by atoms with Crippen LogP contribution in [0, 0.1) is 5.92 Å². The third-order valence-corrected chi connectivity index (χ3v) is 3.98. The summed E-state index contributed by atoms with van der Waals surface area (Å²) in [7, 11) is 2.31. The van der Waals surface area contributed by atoms with Crippen LogP contribution in [0.1, 0.15) is 38.5 Å². The molecule has 1 N–H and O–H groups in total. The molecule has 1 unspecified atom stereocenters. The average Bonchev–Trinajstić information content (AvgIpc) is 2.44. The van der Waals surface area contributed by atoms with E-state index in [2.05, 4.69) is 17.3 Å². The van der Waals surface area contributed by atoms with Crippen LogP contribution in [0.15, 0.2) is 0 Å². The van der Waals surface area contributed by atoms with Gasteiger partial charge >= 0.3 is 0 Å². The van der Waals surface area contributed by atoms with E-state index in [9.17, 15) is 0 Å². The van der Waals surface area contributed by atoms with E-state index in [1.54, 1.807) is 0 Å². The third-order valence-electron chi connectivity index (χ3n) is 3.98. The molecule has 14 heavy (non-hydrogen) atoms. The van der Waals surface area contributed by atoms with Gasteiger partial charge in [0.2, 0.25) is 0 Å². The molecule has 1 aliphatic carbocycles. The fraction of sp³-hybridized carbons (Fsp3) is 1.00. The van der Waals surface area contributed by atoms with Gasteiger partial charge in [-0.25, -0.2) is 0 Å². The first-order valence-electron chi connectivity index (χ1n) is 6.29. The van der Waals surface area contributed by atoms with Crippen molar-refractivity contribution >= 4 is 0 Å². The molecule has 2 fully saturated rings. The molecule has 2 rings (SSSR count). The molecule has 0 aromatic rings. The third kappa shape index (κ3) is 2.48. The summed E-state index contributed by atoms with van der Waals surface area (Å²) in [6.07, 6.45) is 8.66. The molecule has 2 aliphatic rings. The van der Waals surface area contributed by atoms with Crippen molar-refractivity contribution in [2.45, 2.75) is 44.6 Å². The normalized spacial score (nSPS) is 32.8. The zero-order chi connectivity index (χ0) is 9.80. The first kappa shape index (κ1) is 10.4. The van der Waals surface area contributed by atoms with E-state index < -0.39 is 0 Å². The van der Waals surface area contributed by atoms with Gasteiger partial charge in [-0.1, -0.05) is 19.3 Å². The molecule has 0 amide bonds. The minimum absolute atomic E-state index is 0.817. The van der Waals surface area contributed by atoms with Gasteiger partial charge in [0, 0.05) is 12.6 Å². The van der Waals surface area contributed by atoms with Crippen LogP contribution in [0.3, 0.4) is 0 Å². The summed E-state index contributed by atoms with van der Waals surface area (Å²) >= 11 is 0. The number of hydrogen-bond acceptors (Lipinski definition) is 2. The molecule has 1 heterocycles. The maximum absolute atomic E-state index is 3.58. The van der Waals surface area contributed by atoms with Gasteiger partial charge in [0.05, 0.1) is 0 Å². The van der Waals surface area contributed by atoms with Crippen LogP contribution >= 0.6 is 0 Å². The predicted molar refractivity (Wildman–Crippen MR) is 60.5 cm³/mol. The van der Waals surface area contributed by atoms with E-state index in [4.69, 9.17) is 0 Å². The predicted octanol–water partition coefficient (Wildman–Crippen LogP) is 1.86. The molecule has 0 radical (unpaired) electrons. The van der Waals surface area contributed by atoms with E-state index in [1.807, 2.05) is 0 Å². The Bertz CT molecular complexity index is 164. The largest absolute Gasteiger partial charge is 0.315 e. The maximum atomic E-state index is 3.58. The second-order valence-electron chi connectivity index (χ2n) is 5.00. The lowest BCUT2D eigenvalue weighted by Gasteiger charge is -2.35. The quantitative estimate of drug-likeness (QED) is 0.688. The summed E-state index contributed by atoms with van der Waals surface area (Å²) < 4.78 is 0. The topological polar surface area (TPSA) is 15.3 Å². The molecular weight excluding hydrogens is 172 g/mol. The summed E-state index contributed by atoms with van der Waals surface area (Å²) in [5, 5.41) is 3.58. The Morgan fingerprint density at radius 2 is 1.86 bits per heavy atom. The summed E-state index contributed by atoms with van der Waals surface area (Å²) in [4.78, 5) is 2.59. The zero-order valence-corrected chi connectivity index (χ0v) is 9.47. The Labute approximate surface area is 88.1 Å². The van der Waals surface area contributed by atoms with Crippen LogP contribution in [-0.4, -0.2) is 37.6 Å². The van der Waals surface area contributed by atoms with Crippen molar-refractivity contribution in [3.8, 4) is 0 Å². The molecule has 1 aliphatic heterocycles. The SMILES string of the molecule is CN1CCCNCC1C1CCCCC1. The summed E-state index contributed by atoms with van der Waals surface area (Å²) in [6.45, 7) is 3.73. The molecule has 1 saturated carbocycles. The smallest absolute Gasteiger partial charge is 0.0245 e. The number of rotatable bonds is 1. The summed E-state index contributed by atoms with van der Waals surface area (Å²) in [5.74, 6) is 0.972. The molecular formula is C12H24N2. The molecule has 1 atom stereocenters. The fourth-order valence-corrected chi connectivity index (χ4v) is 3.07. The standard InChI is InChI=1S/C12H24N2/c1-14-9-5-8-13-10-12(14)11-6-3-2-4-7-11/h11-13H,2-10H2,1H3. The fourth-order valence-electron chi connectivity index (χ4n) is 3.07. The van der Waals surface area contributed by atoms with Gasteiger partial charge < -0.3 is 10.2 Å². The van der Waals surface area contributed by atoms with Crippen LogP contribution in [-0.2, 0) is 0 Å². The average molecular weight is 196 g/mol. The second kappa shape index (κ2) is 5.13. The lowest BCUT2D eigenvalue weighted by molar-refractivity contribution is 0.154. The Hall–Kier alpha value is -0.0800. The minimum atomic E-state index is 0.817. The van der Waals surface area contributed by atoms with Gasteiger partial charge in [-0.3, -0.25) is 0 Å². The van der Waals surface area contributed by atoms with Crippen LogP contribution < -0.4 is 5.32 Å². The number of likely N-dealkylation sites (N-methyl/N-ethyl adjacent to an activating group) is 1. The monoisotopic (exact) mass is 196 g/mol. The highest BCUT2D eigenvalue weighted by atomic mass is 15.2. The van der Waals surface area contributed by atoms with Crippen LogP contribution in [0.25, 0.3) is 0 Å². The Morgan fingerprint density at radius 1 is 1.07 bits per heavy atom. The molecule has 0 bridgehead atoms. The molecule has 1 saturated heterocycles. The minimum Gasteiger partial charge on any atom is -0.315 e. The Balaban J connectivity index is 1.91.